The van der Waals surface area contributed by atoms with Crippen LogP contribution in [0.1, 0.15) is 24.8 Å². The average molecular weight is 390 g/mol. The molecule has 1 amide bonds. The SMILES string of the molecule is O=C(CCc1cc(F)ccc1Br)NC1(C(=O)O)CCSCC1. The third-order valence-corrected chi connectivity index (χ3v) is 5.52. The summed E-state index contributed by atoms with van der Waals surface area (Å²) in [7, 11) is 0. The minimum absolute atomic E-state index is 0.129. The second kappa shape index (κ2) is 7.46. The van der Waals surface area contributed by atoms with Crippen LogP contribution in [0.5, 0.6) is 0 Å². The highest BCUT2D eigenvalue weighted by atomic mass is 79.9. The Bertz CT molecular complexity index is 576. The summed E-state index contributed by atoms with van der Waals surface area (Å²) < 4.78 is 13.9. The maximum atomic E-state index is 13.2. The summed E-state index contributed by atoms with van der Waals surface area (Å²) in [6.45, 7) is 0. The van der Waals surface area contributed by atoms with Gasteiger partial charge in [-0.3, -0.25) is 4.79 Å². The molecule has 1 saturated heterocycles. The molecule has 120 valence electrons. The second-order valence-electron chi connectivity index (χ2n) is 5.28. The quantitative estimate of drug-likeness (QED) is 0.812. The van der Waals surface area contributed by atoms with E-state index < -0.39 is 11.5 Å². The molecule has 0 aliphatic carbocycles. The molecular weight excluding hydrogens is 373 g/mol. The van der Waals surface area contributed by atoms with Gasteiger partial charge in [-0.15, -0.1) is 0 Å². The van der Waals surface area contributed by atoms with E-state index in [4.69, 9.17) is 0 Å². The van der Waals surface area contributed by atoms with Crippen LogP contribution in [0.15, 0.2) is 22.7 Å². The lowest BCUT2D eigenvalue weighted by Crippen LogP contribution is -2.56. The lowest BCUT2D eigenvalue weighted by Gasteiger charge is -2.33. The van der Waals surface area contributed by atoms with Gasteiger partial charge < -0.3 is 10.4 Å². The molecule has 1 heterocycles. The molecule has 0 atom stereocenters. The Morgan fingerprint density at radius 1 is 1.36 bits per heavy atom. The highest BCUT2D eigenvalue weighted by Gasteiger charge is 2.41. The van der Waals surface area contributed by atoms with Crippen molar-refractivity contribution < 1.29 is 19.1 Å². The number of rotatable bonds is 5. The fraction of sp³-hybridized carbons (Fsp3) is 0.467. The van der Waals surface area contributed by atoms with Gasteiger partial charge in [-0.25, -0.2) is 9.18 Å². The van der Waals surface area contributed by atoms with Crippen molar-refractivity contribution in [1.29, 1.82) is 0 Å². The lowest BCUT2D eigenvalue weighted by atomic mass is 9.92. The number of carboxylic acids is 1. The van der Waals surface area contributed by atoms with Crippen LogP contribution in [0.4, 0.5) is 4.39 Å². The first-order valence-corrected chi connectivity index (χ1v) is 8.94. The van der Waals surface area contributed by atoms with Crippen LogP contribution in [0, 0.1) is 5.82 Å². The molecule has 1 aliphatic heterocycles. The average Bonchev–Trinajstić information content (AvgIpc) is 2.49. The molecule has 2 N–H and O–H groups in total. The summed E-state index contributed by atoms with van der Waals surface area (Å²) in [6.07, 6.45) is 1.35. The van der Waals surface area contributed by atoms with Crippen LogP contribution in [0.2, 0.25) is 0 Å². The van der Waals surface area contributed by atoms with Crippen molar-refractivity contribution in [3.8, 4) is 0 Å². The van der Waals surface area contributed by atoms with Crippen molar-refractivity contribution in [3.63, 3.8) is 0 Å². The molecule has 1 fully saturated rings. The third-order valence-electron chi connectivity index (χ3n) is 3.76. The molecule has 22 heavy (non-hydrogen) atoms. The highest BCUT2D eigenvalue weighted by Crippen LogP contribution is 2.27. The Morgan fingerprint density at radius 2 is 2.05 bits per heavy atom. The van der Waals surface area contributed by atoms with E-state index in [9.17, 15) is 19.1 Å². The number of amides is 1. The largest absolute Gasteiger partial charge is 0.480 e. The van der Waals surface area contributed by atoms with E-state index >= 15 is 0 Å². The molecule has 1 aromatic carbocycles. The number of halogens is 2. The number of aliphatic carboxylic acids is 1. The summed E-state index contributed by atoms with van der Waals surface area (Å²) in [6, 6.07) is 4.31. The van der Waals surface area contributed by atoms with Crippen molar-refractivity contribution in [2.75, 3.05) is 11.5 Å². The Kier molecular flexibility index (Phi) is 5.86. The number of aryl methyl sites for hydroxylation is 1. The van der Waals surface area contributed by atoms with Gasteiger partial charge in [0.05, 0.1) is 0 Å². The van der Waals surface area contributed by atoms with E-state index in [0.717, 1.165) is 16.0 Å². The zero-order valence-corrected chi connectivity index (χ0v) is 14.3. The first kappa shape index (κ1) is 17.3. The molecule has 4 nitrogen and oxygen atoms in total. The molecule has 1 aromatic rings. The highest BCUT2D eigenvalue weighted by molar-refractivity contribution is 9.10. The number of benzene rings is 1. The number of thioether (sulfide) groups is 1. The van der Waals surface area contributed by atoms with E-state index in [2.05, 4.69) is 21.2 Å². The minimum atomic E-state index is -1.15. The number of hydrogen-bond acceptors (Lipinski definition) is 3. The van der Waals surface area contributed by atoms with Crippen molar-refractivity contribution in [1.82, 2.24) is 5.32 Å². The van der Waals surface area contributed by atoms with E-state index in [0.29, 0.717) is 24.8 Å². The molecule has 7 heteroatoms. The molecule has 0 unspecified atom stereocenters. The minimum Gasteiger partial charge on any atom is -0.480 e. The molecular formula is C15H17BrFNO3S. The van der Waals surface area contributed by atoms with Gasteiger partial charge in [0, 0.05) is 10.9 Å². The first-order chi connectivity index (χ1) is 10.4. The zero-order valence-electron chi connectivity index (χ0n) is 11.9. The molecule has 1 aliphatic rings. The summed E-state index contributed by atoms with van der Waals surface area (Å²) in [4.78, 5) is 23.6. The van der Waals surface area contributed by atoms with Crippen molar-refractivity contribution >= 4 is 39.6 Å². The number of hydrogen-bond donors (Lipinski definition) is 2. The number of carboxylic acid groups (broad SMARTS) is 1. The van der Waals surface area contributed by atoms with E-state index in [-0.39, 0.29) is 18.1 Å². The Labute approximate surface area is 141 Å². The smallest absolute Gasteiger partial charge is 0.329 e. The van der Waals surface area contributed by atoms with Crippen molar-refractivity contribution in [2.24, 2.45) is 0 Å². The van der Waals surface area contributed by atoms with E-state index in [1.165, 1.54) is 12.1 Å². The van der Waals surface area contributed by atoms with Gasteiger partial charge in [-0.1, -0.05) is 15.9 Å². The molecule has 0 aromatic heterocycles. The molecule has 0 spiro atoms. The van der Waals surface area contributed by atoms with Gasteiger partial charge >= 0.3 is 5.97 Å². The summed E-state index contributed by atoms with van der Waals surface area (Å²) in [5.74, 6) is -0.201. The first-order valence-electron chi connectivity index (χ1n) is 6.99. The van der Waals surface area contributed by atoms with Crippen LogP contribution < -0.4 is 5.32 Å². The maximum Gasteiger partial charge on any atom is 0.329 e. The molecule has 0 radical (unpaired) electrons. The molecule has 0 saturated carbocycles. The molecule has 2 rings (SSSR count). The van der Waals surface area contributed by atoms with Crippen LogP contribution in [0.25, 0.3) is 0 Å². The Balaban J connectivity index is 1.97. The van der Waals surface area contributed by atoms with Gasteiger partial charge in [-0.2, -0.15) is 11.8 Å². The van der Waals surface area contributed by atoms with Crippen molar-refractivity contribution in [3.05, 3.63) is 34.1 Å². The predicted octanol–water partition coefficient (Wildman–Crippen LogP) is 2.99. The fourth-order valence-electron chi connectivity index (χ4n) is 2.42. The van der Waals surface area contributed by atoms with Gasteiger partial charge in [0.25, 0.3) is 0 Å². The second-order valence-corrected chi connectivity index (χ2v) is 7.36. The van der Waals surface area contributed by atoms with Crippen molar-refractivity contribution in [2.45, 2.75) is 31.2 Å². The van der Waals surface area contributed by atoms with Crippen LogP contribution >= 0.6 is 27.7 Å². The normalized spacial score (nSPS) is 17.0. The van der Waals surface area contributed by atoms with Crippen LogP contribution in [0.3, 0.4) is 0 Å². The zero-order chi connectivity index (χ0) is 16.2. The predicted molar refractivity (Wildman–Crippen MR) is 87.5 cm³/mol. The topological polar surface area (TPSA) is 66.4 Å². The van der Waals surface area contributed by atoms with Crippen LogP contribution in [-0.2, 0) is 16.0 Å². The summed E-state index contributed by atoms with van der Waals surface area (Å²) in [5, 5.41) is 12.1. The standard InChI is InChI=1S/C15H17BrFNO3S/c16-12-3-2-11(17)9-10(12)1-4-13(19)18-15(14(20)21)5-7-22-8-6-15/h2-3,9H,1,4-8H2,(H,18,19)(H,20,21). The van der Waals surface area contributed by atoms with Gasteiger partial charge in [0.2, 0.25) is 5.91 Å². The van der Waals surface area contributed by atoms with Gasteiger partial charge in [0.1, 0.15) is 11.4 Å². The lowest BCUT2D eigenvalue weighted by molar-refractivity contribution is -0.148. The monoisotopic (exact) mass is 389 g/mol. The number of carbonyl (C=O) groups is 2. The third kappa shape index (κ3) is 4.23. The summed E-state index contributed by atoms with van der Waals surface area (Å²) in [5.41, 5.74) is -0.458. The Hall–Kier alpha value is -1.08. The van der Waals surface area contributed by atoms with Gasteiger partial charge in [0.15, 0.2) is 0 Å². The maximum absolute atomic E-state index is 13.2. The molecule has 0 bridgehead atoms. The van der Waals surface area contributed by atoms with E-state index in [1.54, 1.807) is 17.8 Å². The number of carbonyl (C=O) groups excluding carboxylic acids is 1. The van der Waals surface area contributed by atoms with E-state index in [1.807, 2.05) is 0 Å². The Morgan fingerprint density at radius 3 is 2.68 bits per heavy atom. The number of nitrogens with one attached hydrogen (secondary N) is 1. The van der Waals surface area contributed by atoms with Crippen LogP contribution in [-0.4, -0.2) is 34.0 Å². The fourth-order valence-corrected chi connectivity index (χ4v) is 4.06. The summed E-state index contributed by atoms with van der Waals surface area (Å²) >= 11 is 5.01. The van der Waals surface area contributed by atoms with Gasteiger partial charge in [-0.05, 0) is 54.5 Å².